The topological polar surface area (TPSA) is 109 Å². The molecule has 0 bridgehead atoms. The molecule has 2 N–H and O–H groups in total. The molecular weight excluding hydrogens is 198 g/mol. The molecule has 0 radical (unpaired) electrons. The van der Waals surface area contributed by atoms with Crippen LogP contribution >= 0.6 is 0 Å². The molecule has 0 aromatic carbocycles. The van der Waals surface area contributed by atoms with Crippen molar-refractivity contribution in [2.45, 2.75) is 0 Å². The number of hydrogen-bond donors (Lipinski definition) is 2. The first-order chi connectivity index (χ1) is 3.46. The molecule has 0 aromatic rings. The van der Waals surface area contributed by atoms with Gasteiger partial charge in [0.25, 0.3) is 0 Å². The molecule has 0 aliphatic rings. The minimum absolute atomic E-state index is 3.69. The maximum atomic E-state index is 8.67. The van der Waals surface area contributed by atoms with E-state index in [0.29, 0.717) is 0 Å². The van der Waals surface area contributed by atoms with Crippen LogP contribution in [0.25, 0.3) is 0 Å². The first kappa shape index (κ1) is 11.1. The molecule has 0 aromatic heterocycles. The summed E-state index contributed by atoms with van der Waals surface area (Å²) in [6.07, 6.45) is 0. The van der Waals surface area contributed by atoms with E-state index in [2.05, 4.69) is 0 Å². The van der Waals surface area contributed by atoms with Crippen molar-refractivity contribution in [1.82, 2.24) is 0 Å². The summed E-state index contributed by atoms with van der Waals surface area (Å²) in [4.78, 5) is 0. The average Bonchev–Trinajstić information content (AvgIpc) is 1.25. The van der Waals surface area contributed by atoms with Crippen LogP contribution in [0, 0.1) is 0 Å². The fraction of sp³-hybridized carbons (Fsp3) is 0. The van der Waals surface area contributed by atoms with E-state index in [0.717, 1.165) is 0 Å². The van der Waals surface area contributed by atoms with Gasteiger partial charge in [-0.25, -0.2) is 0 Å². The zero-order chi connectivity index (χ0) is 7.15. The van der Waals surface area contributed by atoms with E-state index in [9.17, 15) is 0 Å². The van der Waals surface area contributed by atoms with E-state index in [1.165, 1.54) is 0 Å². The fourth-order valence-electron chi connectivity index (χ4n) is 0. The minimum atomic E-state index is -3.69. The van der Waals surface area contributed by atoms with Gasteiger partial charge in [-0.2, -0.15) is 0 Å². The first-order valence-electron chi connectivity index (χ1n) is 1.13. The summed E-state index contributed by atoms with van der Waals surface area (Å²) in [5.74, 6) is 0. The first-order valence-corrected chi connectivity index (χ1v) is 4.66. The Hall–Kier alpha value is 0.289. The van der Waals surface area contributed by atoms with Crippen LogP contribution in [-0.4, -0.2) is 8.06 Å². The average molecular weight is 200 g/mol. The molecule has 0 aliphatic heterocycles. The predicted octanol–water partition coefficient (Wildman–Crippen LogP) is -1.59. The molecule has 0 rings (SSSR count). The second-order valence-electron chi connectivity index (χ2n) is 0.476. The summed E-state index contributed by atoms with van der Waals surface area (Å²) in [5, 5.41) is 0. The SMILES string of the molecule is [O]=[V](=[O])[OH].[O]=[V](=[O])[OH]. The van der Waals surface area contributed by atoms with E-state index < -0.39 is 30.8 Å². The van der Waals surface area contributed by atoms with Crippen molar-refractivity contribution in [1.29, 1.82) is 0 Å². The van der Waals surface area contributed by atoms with Crippen molar-refractivity contribution < 1.29 is 53.6 Å². The summed E-state index contributed by atoms with van der Waals surface area (Å²) in [5.41, 5.74) is 0. The second kappa shape index (κ2) is 7.29. The summed E-state index contributed by atoms with van der Waals surface area (Å²) >= 11 is -7.38. The van der Waals surface area contributed by atoms with Gasteiger partial charge in [0, 0.05) is 0 Å². The van der Waals surface area contributed by atoms with Crippen molar-refractivity contribution in [3.63, 3.8) is 0 Å². The molecule has 48 valence electrons. The van der Waals surface area contributed by atoms with Crippen LogP contribution in [-0.2, 0) is 45.5 Å². The van der Waals surface area contributed by atoms with E-state index in [1.54, 1.807) is 0 Å². The van der Waals surface area contributed by atoms with Crippen LogP contribution < -0.4 is 0 Å². The molecule has 8 heteroatoms. The van der Waals surface area contributed by atoms with Gasteiger partial charge in [0.2, 0.25) is 0 Å². The Bertz CT molecular complexity index is 123. The van der Waals surface area contributed by atoms with Crippen LogP contribution in [0.5, 0.6) is 0 Å². The van der Waals surface area contributed by atoms with Crippen molar-refractivity contribution >= 4 is 0 Å². The van der Waals surface area contributed by atoms with Crippen molar-refractivity contribution in [3.8, 4) is 0 Å². The van der Waals surface area contributed by atoms with E-state index in [1.807, 2.05) is 0 Å². The van der Waals surface area contributed by atoms with E-state index in [4.69, 9.17) is 22.8 Å². The summed E-state index contributed by atoms with van der Waals surface area (Å²) < 4.78 is 48.9. The van der Waals surface area contributed by atoms with Gasteiger partial charge in [-0.3, -0.25) is 0 Å². The van der Waals surface area contributed by atoms with Gasteiger partial charge in [0.05, 0.1) is 0 Å². The second-order valence-corrected chi connectivity index (χ2v) is 1.96. The van der Waals surface area contributed by atoms with Crippen LogP contribution in [0.4, 0.5) is 0 Å². The molecule has 8 heavy (non-hydrogen) atoms. The van der Waals surface area contributed by atoms with Crippen molar-refractivity contribution in [2.24, 2.45) is 0 Å². The Morgan fingerprint density at radius 3 is 0.750 bits per heavy atom. The summed E-state index contributed by atoms with van der Waals surface area (Å²) in [6, 6.07) is 0. The Morgan fingerprint density at radius 2 is 0.750 bits per heavy atom. The molecule has 0 amide bonds. The number of rotatable bonds is 0. The molecule has 0 spiro atoms. The molecule has 0 saturated heterocycles. The standard InChI is InChI=1S/2H2O.4O.2V/h2*1H2;;;;;;/q;;;;;;2*+1/p-2. The third-order valence-corrected chi connectivity index (χ3v) is 0. The summed E-state index contributed by atoms with van der Waals surface area (Å²) in [7, 11) is 0. The summed E-state index contributed by atoms with van der Waals surface area (Å²) in [6.45, 7) is 0. The quantitative estimate of drug-likeness (QED) is 0.487. The van der Waals surface area contributed by atoms with E-state index >= 15 is 0 Å². The third-order valence-electron chi connectivity index (χ3n) is 0. The van der Waals surface area contributed by atoms with Crippen molar-refractivity contribution in [3.05, 3.63) is 0 Å². The Balaban J connectivity index is 0. The van der Waals surface area contributed by atoms with Crippen LogP contribution in [0.3, 0.4) is 0 Å². The zero-order valence-corrected chi connectivity index (χ0v) is 6.22. The Kier molecular flexibility index (Phi) is 10.1. The molecule has 0 atom stereocenters. The van der Waals surface area contributed by atoms with Gasteiger partial charge in [0.1, 0.15) is 0 Å². The fourth-order valence-corrected chi connectivity index (χ4v) is 0. The number of hydrogen-bond acceptors (Lipinski definition) is 4. The monoisotopic (exact) mass is 200 g/mol. The molecule has 6 nitrogen and oxygen atoms in total. The maximum absolute atomic E-state index is 8.67. The molecule has 0 aliphatic carbocycles. The normalized spacial score (nSPS) is 6.25. The van der Waals surface area contributed by atoms with Gasteiger partial charge < -0.3 is 0 Å². The third kappa shape index (κ3) is 2110. The van der Waals surface area contributed by atoms with Crippen molar-refractivity contribution in [2.75, 3.05) is 0 Å². The van der Waals surface area contributed by atoms with Gasteiger partial charge in [-0.15, -0.1) is 0 Å². The van der Waals surface area contributed by atoms with E-state index in [-0.39, 0.29) is 0 Å². The van der Waals surface area contributed by atoms with Gasteiger partial charge in [-0.1, -0.05) is 0 Å². The van der Waals surface area contributed by atoms with Gasteiger partial charge >= 0.3 is 53.6 Å². The van der Waals surface area contributed by atoms with Crippen LogP contribution in [0.15, 0.2) is 0 Å². The molecular formula is H2O6V2. The van der Waals surface area contributed by atoms with Crippen LogP contribution in [0.1, 0.15) is 0 Å². The van der Waals surface area contributed by atoms with Gasteiger partial charge in [-0.05, 0) is 0 Å². The Morgan fingerprint density at radius 1 is 0.750 bits per heavy atom. The Labute approximate surface area is 53.9 Å². The zero-order valence-electron chi connectivity index (χ0n) is 3.42. The van der Waals surface area contributed by atoms with Gasteiger partial charge in [0.15, 0.2) is 0 Å². The van der Waals surface area contributed by atoms with Crippen LogP contribution in [0.2, 0.25) is 0 Å². The molecule has 0 heterocycles. The molecule has 0 unspecified atom stereocenters. The molecule has 0 saturated carbocycles. The predicted molar refractivity (Wildman–Crippen MR) is 7.18 cm³/mol. The molecule has 0 fully saturated rings.